The van der Waals surface area contributed by atoms with Crippen LogP contribution >= 0.6 is 0 Å². The fraction of sp³-hybridized carbons (Fsp3) is 0.483. The lowest BCUT2D eigenvalue weighted by Gasteiger charge is -2.38. The van der Waals surface area contributed by atoms with Gasteiger partial charge in [-0.1, -0.05) is 61.9 Å². The van der Waals surface area contributed by atoms with E-state index >= 15 is 0 Å². The average Bonchev–Trinajstić information content (AvgIpc) is 2.82. The van der Waals surface area contributed by atoms with Crippen molar-refractivity contribution in [2.45, 2.75) is 78.3 Å². The molecule has 34 heavy (non-hydrogen) atoms. The van der Waals surface area contributed by atoms with E-state index in [1.54, 1.807) is 18.7 Å². The van der Waals surface area contributed by atoms with E-state index < -0.39 is 11.5 Å². The van der Waals surface area contributed by atoms with E-state index in [9.17, 15) is 14.9 Å². The van der Waals surface area contributed by atoms with Crippen LogP contribution in [0.5, 0.6) is 0 Å². The number of benzene rings is 2. The molecule has 0 radical (unpaired) electrons. The van der Waals surface area contributed by atoms with Crippen LogP contribution in [0.15, 0.2) is 48.5 Å². The van der Waals surface area contributed by atoms with Crippen molar-refractivity contribution in [3.05, 3.63) is 70.8 Å². The van der Waals surface area contributed by atoms with Crippen molar-refractivity contribution in [2.75, 3.05) is 13.1 Å². The third kappa shape index (κ3) is 5.93. The molecule has 0 aliphatic rings. The second-order valence-electron chi connectivity index (χ2n) is 9.15. The largest absolute Gasteiger partial charge is 0.326 e. The van der Waals surface area contributed by atoms with E-state index in [0.717, 1.165) is 29.5 Å². The van der Waals surface area contributed by atoms with E-state index in [2.05, 4.69) is 49.5 Å². The molecule has 0 fully saturated rings. The summed E-state index contributed by atoms with van der Waals surface area (Å²) in [7, 11) is 0. The van der Waals surface area contributed by atoms with Crippen LogP contribution in [0.25, 0.3) is 0 Å². The third-order valence-corrected chi connectivity index (χ3v) is 6.73. The Kier molecular flexibility index (Phi) is 10.0. The van der Waals surface area contributed by atoms with Crippen molar-refractivity contribution >= 4 is 11.7 Å². The smallest absolute Gasteiger partial charge is 0.237 e. The Labute approximate surface area is 205 Å². The number of aryl methyl sites for hydroxylation is 2. The maximum absolute atomic E-state index is 13.6. The minimum absolute atomic E-state index is 0.0959. The molecule has 0 aliphatic heterocycles. The molecule has 0 heterocycles. The Hall–Kier alpha value is -2.97. The summed E-state index contributed by atoms with van der Waals surface area (Å²) in [4.78, 5) is 27.9. The predicted octanol–water partition coefficient (Wildman–Crippen LogP) is 4.95. The molecule has 3 atom stereocenters. The normalized spacial score (nSPS) is 14.5. The standard InChI is InChI=1S/C29H39N3O2/c1-7-13-25-15-10-12-17-27(25)29(24(6)33,26-16-11-9-14-21(26)3)18-22(4)31-20-28(34)32(8-2)23(5)19-30/h9-12,14-17,22-23,31H,7-8,13,18,20H2,1-6H3/t22-,23?,29?/m0/s1. The molecule has 2 rings (SSSR count). The van der Waals surface area contributed by atoms with Gasteiger partial charge >= 0.3 is 0 Å². The molecule has 0 saturated carbocycles. The number of nitrogens with one attached hydrogen (secondary N) is 1. The lowest BCUT2D eigenvalue weighted by Crippen LogP contribution is -2.47. The number of carbonyl (C=O) groups is 2. The van der Waals surface area contributed by atoms with Gasteiger partial charge in [0, 0.05) is 12.6 Å². The third-order valence-electron chi connectivity index (χ3n) is 6.73. The number of Topliss-reactive ketones (excluding diaryl/α,β-unsaturated/α-hetero) is 1. The minimum atomic E-state index is -0.822. The van der Waals surface area contributed by atoms with Gasteiger partial charge in [0.15, 0.2) is 0 Å². The van der Waals surface area contributed by atoms with Gasteiger partial charge in [0.1, 0.15) is 11.8 Å². The molecule has 5 nitrogen and oxygen atoms in total. The molecule has 0 bridgehead atoms. The highest BCUT2D eigenvalue weighted by molar-refractivity contribution is 5.93. The number of likely N-dealkylation sites (N-methyl/N-ethyl adjacent to an activating group) is 1. The summed E-state index contributed by atoms with van der Waals surface area (Å²) in [5.41, 5.74) is 3.50. The highest BCUT2D eigenvalue weighted by atomic mass is 16.2. The number of nitriles is 1. The first kappa shape index (κ1) is 27.3. The average molecular weight is 462 g/mol. The Bertz CT molecular complexity index is 1030. The molecule has 5 heteroatoms. The molecule has 2 aromatic carbocycles. The van der Waals surface area contributed by atoms with Gasteiger partial charge < -0.3 is 10.2 Å². The van der Waals surface area contributed by atoms with Gasteiger partial charge in [-0.15, -0.1) is 0 Å². The number of carbonyl (C=O) groups excluding carboxylic acids is 2. The van der Waals surface area contributed by atoms with Gasteiger partial charge in [0.2, 0.25) is 5.91 Å². The molecule has 1 N–H and O–H groups in total. The summed E-state index contributed by atoms with van der Waals surface area (Å²) in [5, 5.41) is 12.6. The van der Waals surface area contributed by atoms with Gasteiger partial charge in [-0.3, -0.25) is 9.59 Å². The summed E-state index contributed by atoms with van der Waals surface area (Å²) in [6.45, 7) is 12.1. The van der Waals surface area contributed by atoms with E-state index in [-0.39, 0.29) is 24.3 Å². The molecule has 0 aromatic heterocycles. The Morgan fingerprint density at radius 2 is 1.68 bits per heavy atom. The zero-order valence-corrected chi connectivity index (χ0v) is 21.5. The Morgan fingerprint density at radius 3 is 2.24 bits per heavy atom. The quantitative estimate of drug-likeness (QED) is 0.485. The van der Waals surface area contributed by atoms with Crippen LogP contribution < -0.4 is 5.32 Å². The molecule has 182 valence electrons. The molecular formula is C29H39N3O2. The number of hydrogen-bond acceptors (Lipinski definition) is 4. The van der Waals surface area contributed by atoms with Gasteiger partial charge in [-0.25, -0.2) is 0 Å². The minimum Gasteiger partial charge on any atom is -0.326 e. The molecule has 2 unspecified atom stereocenters. The summed E-state index contributed by atoms with van der Waals surface area (Å²) < 4.78 is 0. The van der Waals surface area contributed by atoms with E-state index in [4.69, 9.17) is 0 Å². The lowest BCUT2D eigenvalue weighted by molar-refractivity contribution is -0.131. The van der Waals surface area contributed by atoms with E-state index in [1.807, 2.05) is 38.1 Å². The lowest BCUT2D eigenvalue weighted by atomic mass is 9.65. The fourth-order valence-electron chi connectivity index (χ4n) is 4.99. The SMILES string of the molecule is CCCc1ccccc1C(C[C@H](C)NCC(=O)N(CC)C(C)C#N)(C(C)=O)c1ccccc1C. The van der Waals surface area contributed by atoms with Crippen LogP contribution in [0.2, 0.25) is 0 Å². The number of nitrogens with zero attached hydrogens (tertiary/aromatic N) is 2. The van der Waals surface area contributed by atoms with Crippen molar-refractivity contribution in [1.82, 2.24) is 10.2 Å². The van der Waals surface area contributed by atoms with Crippen LogP contribution in [0.3, 0.4) is 0 Å². The van der Waals surface area contributed by atoms with Crippen molar-refractivity contribution < 1.29 is 9.59 Å². The number of ketones is 1. The summed E-state index contributed by atoms with van der Waals surface area (Å²) in [5.74, 6) is -0.0160. The first-order chi connectivity index (χ1) is 16.2. The van der Waals surface area contributed by atoms with E-state index in [0.29, 0.717) is 13.0 Å². The molecule has 0 saturated heterocycles. The predicted molar refractivity (Wildman–Crippen MR) is 138 cm³/mol. The number of hydrogen-bond donors (Lipinski definition) is 1. The maximum Gasteiger partial charge on any atom is 0.237 e. The number of amides is 1. The molecule has 0 spiro atoms. The Morgan fingerprint density at radius 1 is 1.06 bits per heavy atom. The summed E-state index contributed by atoms with van der Waals surface area (Å²) in [6, 6.07) is 17.9. The second-order valence-corrected chi connectivity index (χ2v) is 9.15. The molecule has 0 aliphatic carbocycles. The Balaban J connectivity index is 2.48. The van der Waals surface area contributed by atoms with Crippen molar-refractivity contribution in [3.63, 3.8) is 0 Å². The van der Waals surface area contributed by atoms with Gasteiger partial charge in [0.25, 0.3) is 0 Å². The topological polar surface area (TPSA) is 73.2 Å². The van der Waals surface area contributed by atoms with Crippen molar-refractivity contribution in [1.29, 1.82) is 5.26 Å². The van der Waals surface area contributed by atoms with Gasteiger partial charge in [-0.05, 0) is 69.7 Å². The zero-order chi connectivity index (χ0) is 25.3. The molecule has 2 aromatic rings. The zero-order valence-electron chi connectivity index (χ0n) is 21.5. The van der Waals surface area contributed by atoms with Crippen LogP contribution in [-0.2, 0) is 21.4 Å². The van der Waals surface area contributed by atoms with Crippen molar-refractivity contribution in [3.8, 4) is 6.07 Å². The highest BCUT2D eigenvalue weighted by Gasteiger charge is 2.42. The van der Waals surface area contributed by atoms with Crippen molar-refractivity contribution in [2.24, 2.45) is 0 Å². The summed E-state index contributed by atoms with van der Waals surface area (Å²) >= 11 is 0. The van der Waals surface area contributed by atoms with E-state index in [1.165, 1.54) is 5.56 Å². The van der Waals surface area contributed by atoms with Crippen LogP contribution in [0, 0.1) is 18.3 Å². The van der Waals surface area contributed by atoms with Crippen LogP contribution in [0.4, 0.5) is 0 Å². The second kappa shape index (κ2) is 12.5. The first-order valence-electron chi connectivity index (χ1n) is 12.3. The van der Waals surface area contributed by atoms with Crippen LogP contribution in [-0.4, -0.2) is 41.8 Å². The summed E-state index contributed by atoms with van der Waals surface area (Å²) in [6.07, 6.45) is 2.42. The van der Waals surface area contributed by atoms with Gasteiger partial charge in [-0.2, -0.15) is 5.26 Å². The molecule has 1 amide bonds. The van der Waals surface area contributed by atoms with Gasteiger partial charge in [0.05, 0.1) is 18.0 Å². The highest BCUT2D eigenvalue weighted by Crippen LogP contribution is 2.41. The monoisotopic (exact) mass is 461 g/mol. The fourth-order valence-corrected chi connectivity index (χ4v) is 4.99. The first-order valence-corrected chi connectivity index (χ1v) is 12.3. The number of rotatable bonds is 12. The molecular weight excluding hydrogens is 422 g/mol. The van der Waals surface area contributed by atoms with Crippen LogP contribution in [0.1, 0.15) is 69.7 Å². The maximum atomic E-state index is 13.6.